The summed E-state index contributed by atoms with van der Waals surface area (Å²) >= 11 is 0. The largest absolute Gasteiger partial charge is 0.0613 e. The Kier molecular flexibility index (Phi) is 8.83. The Hall–Kier alpha value is -2.26. The molecule has 0 radical (unpaired) electrons. The van der Waals surface area contributed by atoms with Crippen molar-refractivity contribution in [3.63, 3.8) is 0 Å². The molecule has 4 rings (SSSR count). The van der Waals surface area contributed by atoms with Gasteiger partial charge in [-0.3, -0.25) is 0 Å². The number of rotatable bonds is 8. The van der Waals surface area contributed by atoms with Crippen LogP contribution < -0.4 is 21.2 Å². The highest BCUT2D eigenvalue weighted by Crippen LogP contribution is 2.50. The van der Waals surface area contributed by atoms with E-state index in [0.29, 0.717) is 17.2 Å². The van der Waals surface area contributed by atoms with Crippen molar-refractivity contribution >= 4 is 37.1 Å². The molecule has 2 atom stereocenters. The summed E-state index contributed by atoms with van der Waals surface area (Å²) in [4.78, 5) is 0. The van der Waals surface area contributed by atoms with Crippen molar-refractivity contribution in [1.82, 2.24) is 0 Å². The summed E-state index contributed by atoms with van der Waals surface area (Å²) in [6.07, 6.45) is 0. The molecule has 0 aliphatic rings. The van der Waals surface area contributed by atoms with Crippen molar-refractivity contribution in [1.29, 1.82) is 0 Å². The number of aryl methyl sites for hydroxylation is 4. The van der Waals surface area contributed by atoms with Crippen LogP contribution in [-0.2, 0) is 0 Å². The van der Waals surface area contributed by atoms with Gasteiger partial charge in [-0.25, -0.2) is 0 Å². The third kappa shape index (κ3) is 6.17. The van der Waals surface area contributed by atoms with Crippen molar-refractivity contribution in [2.24, 2.45) is 5.92 Å². The Balaban J connectivity index is 1.73. The molecule has 0 nitrogen and oxygen atoms in total. The van der Waals surface area contributed by atoms with Crippen LogP contribution in [0.15, 0.2) is 97.1 Å². The summed E-state index contributed by atoms with van der Waals surface area (Å²) in [5, 5.41) is 5.95. The van der Waals surface area contributed by atoms with Gasteiger partial charge in [-0.1, -0.05) is 140 Å². The van der Waals surface area contributed by atoms with Crippen molar-refractivity contribution in [3.05, 3.63) is 119 Å². The predicted molar refractivity (Wildman–Crippen MR) is 165 cm³/mol. The Morgan fingerprint density at radius 2 is 0.556 bits per heavy atom. The standard InChI is InChI=1S/C34H40P2/c1-24-8-16-31(17-9-24)35(32-18-10-25(2)11-19-32)29(6)28(5)30(7)36(33-20-12-26(3)13-21-33)34-22-14-27(4)15-23-34/h8-23,28-30H,1-7H3. The lowest BCUT2D eigenvalue weighted by molar-refractivity contribution is 0.564. The summed E-state index contributed by atoms with van der Waals surface area (Å²) in [5.74, 6) is 0.562. The SMILES string of the molecule is Cc1ccc(P(c2ccc(C)cc2)C(C)C(C)C(C)P(c2ccc(C)cc2)c2ccc(C)cc2)cc1. The van der Waals surface area contributed by atoms with Gasteiger partial charge in [0, 0.05) is 0 Å². The van der Waals surface area contributed by atoms with Gasteiger partial charge in [0.1, 0.15) is 0 Å². The molecular weight excluding hydrogens is 470 g/mol. The van der Waals surface area contributed by atoms with E-state index < -0.39 is 15.8 Å². The van der Waals surface area contributed by atoms with Gasteiger partial charge in [-0.15, -0.1) is 0 Å². The molecule has 0 heterocycles. The zero-order chi connectivity index (χ0) is 25.8. The van der Waals surface area contributed by atoms with Crippen LogP contribution in [0.3, 0.4) is 0 Å². The molecule has 0 saturated carbocycles. The first-order chi connectivity index (χ1) is 17.2. The summed E-state index contributed by atoms with van der Waals surface area (Å²) < 4.78 is 0. The highest BCUT2D eigenvalue weighted by molar-refractivity contribution is 7.74. The fourth-order valence-corrected chi connectivity index (χ4v) is 10.9. The molecule has 0 N–H and O–H groups in total. The maximum atomic E-state index is 2.50. The van der Waals surface area contributed by atoms with Crippen molar-refractivity contribution in [2.45, 2.75) is 59.8 Å². The average molecular weight is 511 g/mol. The van der Waals surface area contributed by atoms with E-state index in [2.05, 4.69) is 146 Å². The molecule has 0 saturated heterocycles. The van der Waals surface area contributed by atoms with Crippen molar-refractivity contribution < 1.29 is 0 Å². The molecule has 2 heteroatoms. The summed E-state index contributed by atoms with van der Waals surface area (Å²) in [6.45, 7) is 16.2. The Morgan fingerprint density at radius 3 is 0.750 bits per heavy atom. The van der Waals surface area contributed by atoms with Gasteiger partial charge in [0.15, 0.2) is 0 Å². The molecule has 4 aromatic carbocycles. The molecule has 0 aliphatic heterocycles. The maximum absolute atomic E-state index is 2.50. The molecule has 186 valence electrons. The molecule has 2 unspecified atom stereocenters. The topological polar surface area (TPSA) is 0 Å². The first-order valence-electron chi connectivity index (χ1n) is 13.1. The monoisotopic (exact) mass is 510 g/mol. The van der Waals surface area contributed by atoms with Crippen LogP contribution >= 0.6 is 15.8 Å². The Labute approximate surface area is 221 Å². The minimum atomic E-state index is -0.471. The van der Waals surface area contributed by atoms with Crippen LogP contribution in [0.5, 0.6) is 0 Å². The summed E-state index contributed by atoms with van der Waals surface area (Å²) in [5.41, 5.74) is 6.42. The van der Waals surface area contributed by atoms with Gasteiger partial charge in [0.25, 0.3) is 0 Å². The zero-order valence-corrected chi connectivity index (χ0v) is 24.7. The third-order valence-electron chi connectivity index (χ3n) is 7.58. The van der Waals surface area contributed by atoms with Crippen LogP contribution in [0.2, 0.25) is 0 Å². The molecule has 0 aromatic heterocycles. The van der Waals surface area contributed by atoms with Crippen LogP contribution in [0, 0.1) is 33.6 Å². The highest BCUT2D eigenvalue weighted by atomic mass is 31.1. The fourth-order valence-electron chi connectivity index (χ4n) is 4.93. The Bertz CT molecular complexity index is 1050. The average Bonchev–Trinajstić information content (AvgIpc) is 2.88. The van der Waals surface area contributed by atoms with Gasteiger partial charge in [0.2, 0.25) is 0 Å². The first kappa shape index (κ1) is 26.8. The molecule has 4 aromatic rings. The van der Waals surface area contributed by atoms with E-state index >= 15 is 0 Å². The predicted octanol–water partition coefficient (Wildman–Crippen LogP) is 7.90. The van der Waals surface area contributed by atoms with Crippen molar-refractivity contribution in [3.8, 4) is 0 Å². The number of benzene rings is 4. The second-order valence-electron chi connectivity index (χ2n) is 10.4. The lowest BCUT2D eigenvalue weighted by Gasteiger charge is -2.37. The smallest absolute Gasteiger partial charge is 0.0125 e. The first-order valence-corrected chi connectivity index (χ1v) is 15.9. The lowest BCUT2D eigenvalue weighted by Crippen LogP contribution is -2.33. The zero-order valence-electron chi connectivity index (χ0n) is 22.9. The van der Waals surface area contributed by atoms with E-state index in [1.54, 1.807) is 0 Å². The molecule has 0 bridgehead atoms. The Morgan fingerprint density at radius 1 is 0.361 bits per heavy atom. The minimum absolute atomic E-state index is 0.471. The van der Waals surface area contributed by atoms with Crippen molar-refractivity contribution in [2.75, 3.05) is 0 Å². The van der Waals surface area contributed by atoms with Gasteiger partial charge < -0.3 is 0 Å². The molecule has 0 amide bonds. The van der Waals surface area contributed by atoms with Crippen LogP contribution in [0.4, 0.5) is 0 Å². The third-order valence-corrected chi connectivity index (χ3v) is 13.6. The summed E-state index contributed by atoms with van der Waals surface area (Å²) in [6, 6.07) is 37.2. The highest BCUT2D eigenvalue weighted by Gasteiger charge is 2.33. The van der Waals surface area contributed by atoms with Crippen LogP contribution in [0.1, 0.15) is 43.0 Å². The quantitative estimate of drug-likeness (QED) is 0.211. The molecular formula is C34H40P2. The van der Waals surface area contributed by atoms with E-state index in [0.717, 1.165) is 0 Å². The molecule has 0 fully saturated rings. The van der Waals surface area contributed by atoms with E-state index in [1.807, 2.05) is 0 Å². The second-order valence-corrected chi connectivity index (χ2v) is 15.6. The maximum Gasteiger partial charge on any atom is -0.0125 e. The number of hydrogen-bond acceptors (Lipinski definition) is 0. The van der Waals surface area contributed by atoms with Gasteiger partial charge >= 0.3 is 0 Å². The molecule has 36 heavy (non-hydrogen) atoms. The van der Waals surface area contributed by atoms with E-state index in [-0.39, 0.29) is 0 Å². The lowest BCUT2D eigenvalue weighted by atomic mass is 10.1. The van der Waals surface area contributed by atoms with Crippen LogP contribution in [0.25, 0.3) is 0 Å². The van der Waals surface area contributed by atoms with Gasteiger partial charge in [-0.2, -0.15) is 0 Å². The van der Waals surface area contributed by atoms with E-state index in [1.165, 1.54) is 43.5 Å². The number of hydrogen-bond donors (Lipinski definition) is 0. The molecule has 0 aliphatic carbocycles. The van der Waals surface area contributed by atoms with Crippen LogP contribution in [-0.4, -0.2) is 11.3 Å². The van der Waals surface area contributed by atoms with E-state index in [4.69, 9.17) is 0 Å². The molecule has 0 spiro atoms. The summed E-state index contributed by atoms with van der Waals surface area (Å²) in [7, 11) is -0.942. The van der Waals surface area contributed by atoms with Gasteiger partial charge in [0.05, 0.1) is 0 Å². The second kappa shape index (κ2) is 11.9. The van der Waals surface area contributed by atoms with E-state index in [9.17, 15) is 0 Å². The van der Waals surface area contributed by atoms with Gasteiger partial charge in [-0.05, 0) is 82.0 Å². The minimum Gasteiger partial charge on any atom is -0.0613 e. The fraction of sp³-hybridized carbons (Fsp3) is 0.294. The normalized spacial score (nSPS) is 14.1.